The lowest BCUT2D eigenvalue weighted by Crippen LogP contribution is -2.36. The third-order valence-corrected chi connectivity index (χ3v) is 6.30. The zero-order valence-electron chi connectivity index (χ0n) is 15.2. The van der Waals surface area contributed by atoms with Crippen molar-refractivity contribution in [3.05, 3.63) is 49.3 Å². The molecule has 2 aromatic heterocycles. The number of benzene rings is 1. The second kappa shape index (κ2) is 7.62. The molecule has 3 rings (SSSR count). The van der Waals surface area contributed by atoms with Gasteiger partial charge in [0, 0.05) is 16.9 Å². The number of carbonyl (C=O) groups is 1. The highest BCUT2D eigenvalue weighted by Gasteiger charge is 2.25. The van der Waals surface area contributed by atoms with Gasteiger partial charge in [0.1, 0.15) is 16.7 Å². The Labute approximate surface area is 170 Å². The van der Waals surface area contributed by atoms with Crippen molar-refractivity contribution in [3.63, 3.8) is 0 Å². The van der Waals surface area contributed by atoms with E-state index in [9.17, 15) is 9.59 Å². The number of aromatic nitrogens is 2. The molecular weight excluding hydrogens is 405 g/mol. The first-order chi connectivity index (χ1) is 12.8. The van der Waals surface area contributed by atoms with Crippen LogP contribution < -0.4 is 11.3 Å². The Hall–Kier alpha value is -1.89. The van der Waals surface area contributed by atoms with Crippen LogP contribution in [0.2, 0.25) is 10.0 Å². The molecule has 0 aliphatic heterocycles. The molecular formula is C19H19Cl2N3O2S. The minimum Gasteiger partial charge on any atom is -0.368 e. The molecule has 0 aliphatic carbocycles. The quantitative estimate of drug-likeness (QED) is 0.643. The maximum atomic E-state index is 13.4. The van der Waals surface area contributed by atoms with Gasteiger partial charge in [-0.15, -0.1) is 11.3 Å². The summed E-state index contributed by atoms with van der Waals surface area (Å²) in [4.78, 5) is 31.6. The van der Waals surface area contributed by atoms with Gasteiger partial charge in [-0.1, -0.05) is 43.1 Å². The zero-order valence-corrected chi connectivity index (χ0v) is 17.5. The number of thiophene rings is 1. The molecule has 1 aromatic carbocycles. The van der Waals surface area contributed by atoms with Crippen LogP contribution in [0.15, 0.2) is 23.0 Å². The fourth-order valence-electron chi connectivity index (χ4n) is 3.30. The third kappa shape index (κ3) is 3.37. The van der Waals surface area contributed by atoms with Gasteiger partial charge in [-0.3, -0.25) is 14.2 Å². The monoisotopic (exact) mass is 423 g/mol. The maximum Gasteiger partial charge on any atom is 0.263 e. The number of nitrogens with two attached hydrogens (primary N) is 1. The Morgan fingerprint density at radius 1 is 1.30 bits per heavy atom. The van der Waals surface area contributed by atoms with Crippen molar-refractivity contribution in [2.24, 2.45) is 5.73 Å². The van der Waals surface area contributed by atoms with Gasteiger partial charge >= 0.3 is 0 Å². The van der Waals surface area contributed by atoms with Crippen molar-refractivity contribution in [1.29, 1.82) is 0 Å². The van der Waals surface area contributed by atoms with E-state index in [1.807, 2.05) is 26.8 Å². The van der Waals surface area contributed by atoms with Gasteiger partial charge in [-0.25, -0.2) is 4.98 Å². The smallest absolute Gasteiger partial charge is 0.263 e. The number of halogens is 2. The normalized spacial score (nSPS) is 12.5. The van der Waals surface area contributed by atoms with Crippen LogP contribution in [0, 0.1) is 6.92 Å². The second-order valence-corrected chi connectivity index (χ2v) is 8.24. The van der Waals surface area contributed by atoms with E-state index in [-0.39, 0.29) is 5.56 Å². The molecule has 1 atom stereocenters. The van der Waals surface area contributed by atoms with Gasteiger partial charge in [0.25, 0.3) is 5.56 Å². The Morgan fingerprint density at radius 2 is 2.00 bits per heavy atom. The average Bonchev–Trinajstić information content (AvgIpc) is 2.95. The summed E-state index contributed by atoms with van der Waals surface area (Å²) in [6.07, 6.45) is 0.939. The lowest BCUT2D eigenvalue weighted by atomic mass is 10.0. The predicted octanol–water partition coefficient (Wildman–Crippen LogP) is 4.74. The second-order valence-electron chi connectivity index (χ2n) is 6.23. The first-order valence-corrected chi connectivity index (χ1v) is 10.2. The molecule has 0 fully saturated rings. The van der Waals surface area contributed by atoms with Gasteiger partial charge in [0.05, 0.1) is 15.4 Å². The number of rotatable bonds is 5. The highest BCUT2D eigenvalue weighted by Crippen LogP contribution is 2.38. The summed E-state index contributed by atoms with van der Waals surface area (Å²) in [7, 11) is 0. The van der Waals surface area contributed by atoms with Crippen molar-refractivity contribution in [1.82, 2.24) is 9.55 Å². The summed E-state index contributed by atoms with van der Waals surface area (Å²) >= 11 is 13.7. The van der Waals surface area contributed by atoms with E-state index in [0.29, 0.717) is 38.9 Å². The first-order valence-electron chi connectivity index (χ1n) is 8.59. The summed E-state index contributed by atoms with van der Waals surface area (Å²) in [6, 6.07) is 4.53. The van der Waals surface area contributed by atoms with Crippen LogP contribution in [0.25, 0.3) is 21.3 Å². The van der Waals surface area contributed by atoms with Crippen molar-refractivity contribution >= 4 is 50.7 Å². The number of nitrogens with zero attached hydrogens (tertiary/aromatic N) is 2. The van der Waals surface area contributed by atoms with Crippen molar-refractivity contribution in [2.45, 2.75) is 39.7 Å². The molecule has 0 spiro atoms. The molecule has 0 aliphatic rings. The molecule has 0 radical (unpaired) electrons. The van der Waals surface area contributed by atoms with Crippen LogP contribution in [0.1, 0.15) is 37.0 Å². The number of carbonyl (C=O) groups excluding carboxylic acids is 1. The van der Waals surface area contributed by atoms with Crippen LogP contribution >= 0.6 is 34.5 Å². The van der Waals surface area contributed by atoms with Crippen LogP contribution in [0.4, 0.5) is 0 Å². The summed E-state index contributed by atoms with van der Waals surface area (Å²) in [6.45, 7) is 5.66. The number of hydrogen-bond donors (Lipinski definition) is 1. The minimum absolute atomic E-state index is 0.257. The highest BCUT2D eigenvalue weighted by atomic mass is 35.5. The molecule has 1 amide bonds. The third-order valence-electron chi connectivity index (χ3n) is 4.56. The van der Waals surface area contributed by atoms with Gasteiger partial charge in [-0.2, -0.15) is 0 Å². The van der Waals surface area contributed by atoms with Gasteiger partial charge < -0.3 is 5.73 Å². The number of primary amides is 1. The van der Waals surface area contributed by atoms with E-state index in [1.54, 1.807) is 12.1 Å². The van der Waals surface area contributed by atoms with Crippen LogP contribution in [0.5, 0.6) is 0 Å². The molecule has 2 N–H and O–H groups in total. The largest absolute Gasteiger partial charge is 0.368 e. The van der Waals surface area contributed by atoms with Gasteiger partial charge in [0.15, 0.2) is 0 Å². The summed E-state index contributed by atoms with van der Waals surface area (Å²) in [5.74, 6) is 0.0126. The molecule has 3 aromatic rings. The first kappa shape index (κ1) is 19.9. The van der Waals surface area contributed by atoms with Crippen LogP contribution in [-0.2, 0) is 11.2 Å². The van der Waals surface area contributed by atoms with Crippen LogP contribution in [-0.4, -0.2) is 15.5 Å². The van der Waals surface area contributed by atoms with Crippen molar-refractivity contribution in [3.8, 4) is 11.1 Å². The summed E-state index contributed by atoms with van der Waals surface area (Å²) < 4.78 is 1.44. The molecule has 142 valence electrons. The number of hydrogen-bond acceptors (Lipinski definition) is 4. The predicted molar refractivity (Wildman–Crippen MR) is 112 cm³/mol. The Morgan fingerprint density at radius 3 is 2.56 bits per heavy atom. The van der Waals surface area contributed by atoms with Crippen LogP contribution in [0.3, 0.4) is 0 Å². The SMILES string of the molecule is CCc1nc2sc(C)c(-c3ccc(Cl)c(Cl)c3)c2c(=O)n1C(CC)C(N)=O. The lowest BCUT2D eigenvalue weighted by molar-refractivity contribution is -0.121. The standard InChI is InChI=1S/C19H19Cl2N3O2S/c1-4-13(17(22)25)24-14(5-2)23-18-16(19(24)26)15(9(3)27-18)10-6-7-11(20)12(21)8-10/h6-8,13H,4-5H2,1-3H3,(H2,22,25). The molecule has 2 heterocycles. The summed E-state index contributed by atoms with van der Waals surface area (Å²) in [5, 5.41) is 1.34. The van der Waals surface area contributed by atoms with Gasteiger partial charge in [-0.05, 0) is 31.0 Å². The molecule has 0 saturated heterocycles. The Bertz CT molecular complexity index is 1100. The average molecular weight is 424 g/mol. The van der Waals surface area contributed by atoms with Crippen molar-refractivity contribution < 1.29 is 4.79 Å². The fourth-order valence-corrected chi connectivity index (χ4v) is 4.65. The summed E-state index contributed by atoms with van der Waals surface area (Å²) in [5.41, 5.74) is 6.85. The molecule has 1 unspecified atom stereocenters. The minimum atomic E-state index is -0.730. The van der Waals surface area contributed by atoms with Gasteiger partial charge in [0.2, 0.25) is 5.91 Å². The topological polar surface area (TPSA) is 78.0 Å². The van der Waals surface area contributed by atoms with E-state index in [2.05, 4.69) is 4.98 Å². The van der Waals surface area contributed by atoms with E-state index in [4.69, 9.17) is 28.9 Å². The molecule has 27 heavy (non-hydrogen) atoms. The molecule has 5 nitrogen and oxygen atoms in total. The highest BCUT2D eigenvalue weighted by molar-refractivity contribution is 7.19. The van der Waals surface area contributed by atoms with Crippen molar-refractivity contribution in [2.75, 3.05) is 0 Å². The molecule has 0 saturated carbocycles. The van der Waals surface area contributed by atoms with E-state index in [1.165, 1.54) is 15.9 Å². The zero-order chi connectivity index (χ0) is 19.9. The Balaban J connectivity index is 2.40. The number of amides is 1. The lowest BCUT2D eigenvalue weighted by Gasteiger charge is -2.18. The fraction of sp³-hybridized carbons (Fsp3) is 0.316. The van der Waals surface area contributed by atoms with E-state index < -0.39 is 11.9 Å². The molecule has 0 bridgehead atoms. The number of fused-ring (bicyclic) bond motifs is 1. The van der Waals surface area contributed by atoms with E-state index >= 15 is 0 Å². The Kier molecular flexibility index (Phi) is 5.60. The maximum absolute atomic E-state index is 13.4. The molecule has 8 heteroatoms. The van der Waals surface area contributed by atoms with E-state index in [0.717, 1.165) is 16.0 Å². The number of aryl methyl sites for hydroxylation is 2.